The molecule has 1 aromatic carbocycles. The standard InChI is InChI=1S/C9H12ClNS/c1-7(6-11)12-9-4-2-8(10)3-5-9/h2-5,7H,6,11H2,1H3/t7-/m1/s1. The Hall–Kier alpha value is -0.180. The van der Waals surface area contributed by atoms with E-state index in [1.807, 2.05) is 24.3 Å². The highest BCUT2D eigenvalue weighted by Crippen LogP contribution is 2.23. The molecule has 3 heteroatoms. The molecule has 12 heavy (non-hydrogen) atoms. The lowest BCUT2D eigenvalue weighted by Gasteiger charge is -2.07. The van der Waals surface area contributed by atoms with Gasteiger partial charge in [0.1, 0.15) is 0 Å². The fourth-order valence-electron chi connectivity index (χ4n) is 0.794. The van der Waals surface area contributed by atoms with Crippen LogP contribution in [0.4, 0.5) is 0 Å². The summed E-state index contributed by atoms with van der Waals surface area (Å²) in [6.45, 7) is 2.81. The quantitative estimate of drug-likeness (QED) is 0.762. The fourth-order valence-corrected chi connectivity index (χ4v) is 1.77. The number of benzene rings is 1. The van der Waals surface area contributed by atoms with Gasteiger partial charge >= 0.3 is 0 Å². The van der Waals surface area contributed by atoms with Crippen LogP contribution < -0.4 is 5.73 Å². The molecule has 0 heterocycles. The number of hydrogen-bond donors (Lipinski definition) is 1. The summed E-state index contributed by atoms with van der Waals surface area (Å²) in [7, 11) is 0. The summed E-state index contributed by atoms with van der Waals surface area (Å²) in [5.41, 5.74) is 5.50. The molecule has 0 bridgehead atoms. The van der Waals surface area contributed by atoms with Gasteiger partial charge in [-0.15, -0.1) is 11.8 Å². The van der Waals surface area contributed by atoms with Gasteiger partial charge in [0, 0.05) is 21.7 Å². The highest BCUT2D eigenvalue weighted by molar-refractivity contribution is 8.00. The second-order valence-electron chi connectivity index (χ2n) is 2.62. The highest BCUT2D eigenvalue weighted by atomic mass is 35.5. The maximum atomic E-state index is 5.75. The third-order valence-corrected chi connectivity index (χ3v) is 2.87. The van der Waals surface area contributed by atoms with Crippen molar-refractivity contribution in [1.29, 1.82) is 0 Å². The van der Waals surface area contributed by atoms with Gasteiger partial charge in [0.25, 0.3) is 0 Å². The summed E-state index contributed by atoms with van der Waals surface area (Å²) in [5.74, 6) is 0. The Bertz CT molecular complexity index is 235. The molecule has 1 rings (SSSR count). The van der Waals surface area contributed by atoms with Crippen LogP contribution in [0.1, 0.15) is 6.92 Å². The van der Waals surface area contributed by atoms with Crippen LogP contribution in [0.3, 0.4) is 0 Å². The third-order valence-electron chi connectivity index (χ3n) is 1.48. The van der Waals surface area contributed by atoms with Gasteiger partial charge in [-0.2, -0.15) is 0 Å². The first kappa shape index (κ1) is 9.90. The van der Waals surface area contributed by atoms with E-state index in [4.69, 9.17) is 17.3 Å². The second-order valence-corrected chi connectivity index (χ2v) is 4.57. The summed E-state index contributed by atoms with van der Waals surface area (Å²) in [4.78, 5) is 1.22. The highest BCUT2D eigenvalue weighted by Gasteiger charge is 2.00. The van der Waals surface area contributed by atoms with Crippen molar-refractivity contribution in [2.45, 2.75) is 17.1 Å². The van der Waals surface area contributed by atoms with E-state index in [2.05, 4.69) is 6.92 Å². The molecule has 0 saturated heterocycles. The Morgan fingerprint density at radius 2 is 2.00 bits per heavy atom. The third kappa shape index (κ3) is 3.05. The van der Waals surface area contributed by atoms with Gasteiger partial charge in [-0.05, 0) is 24.3 Å². The lowest BCUT2D eigenvalue weighted by Crippen LogP contribution is -2.11. The SMILES string of the molecule is C[C@H](CN)Sc1ccc(Cl)cc1. The maximum Gasteiger partial charge on any atom is 0.0406 e. The summed E-state index contributed by atoms with van der Waals surface area (Å²) in [6.07, 6.45) is 0. The molecule has 1 nitrogen and oxygen atoms in total. The van der Waals surface area contributed by atoms with Gasteiger partial charge < -0.3 is 5.73 Å². The van der Waals surface area contributed by atoms with Crippen molar-refractivity contribution in [1.82, 2.24) is 0 Å². The van der Waals surface area contributed by atoms with Crippen LogP contribution in [0.25, 0.3) is 0 Å². The zero-order valence-electron chi connectivity index (χ0n) is 6.96. The number of nitrogens with two attached hydrogens (primary N) is 1. The van der Waals surface area contributed by atoms with Gasteiger partial charge in [-0.3, -0.25) is 0 Å². The molecule has 1 aromatic rings. The largest absolute Gasteiger partial charge is 0.329 e. The van der Waals surface area contributed by atoms with Crippen LogP contribution in [-0.2, 0) is 0 Å². The number of hydrogen-bond acceptors (Lipinski definition) is 2. The predicted octanol–water partition coefficient (Wildman–Crippen LogP) is 2.78. The average molecular weight is 202 g/mol. The second kappa shape index (κ2) is 4.75. The minimum Gasteiger partial charge on any atom is -0.329 e. The predicted molar refractivity (Wildman–Crippen MR) is 55.8 cm³/mol. The van der Waals surface area contributed by atoms with E-state index in [0.29, 0.717) is 11.8 Å². The lowest BCUT2D eigenvalue weighted by atomic mass is 10.4. The van der Waals surface area contributed by atoms with E-state index in [-0.39, 0.29) is 0 Å². The summed E-state index contributed by atoms with van der Waals surface area (Å²) in [6, 6.07) is 7.82. The first-order chi connectivity index (χ1) is 5.72. The van der Waals surface area contributed by atoms with Crippen LogP contribution in [-0.4, -0.2) is 11.8 Å². The lowest BCUT2D eigenvalue weighted by molar-refractivity contribution is 0.951. The average Bonchev–Trinajstić information content (AvgIpc) is 2.09. The molecule has 0 aliphatic rings. The van der Waals surface area contributed by atoms with E-state index >= 15 is 0 Å². The molecule has 0 aromatic heterocycles. The molecule has 0 spiro atoms. The molecule has 66 valence electrons. The molecular formula is C9H12ClNS. The van der Waals surface area contributed by atoms with Crippen molar-refractivity contribution in [2.75, 3.05) is 6.54 Å². The molecular weight excluding hydrogens is 190 g/mol. The summed E-state index contributed by atoms with van der Waals surface area (Å²) >= 11 is 7.52. The monoisotopic (exact) mass is 201 g/mol. The van der Waals surface area contributed by atoms with Crippen molar-refractivity contribution >= 4 is 23.4 Å². The molecule has 0 fully saturated rings. The van der Waals surface area contributed by atoms with Crippen molar-refractivity contribution in [3.63, 3.8) is 0 Å². The molecule has 0 aliphatic heterocycles. The van der Waals surface area contributed by atoms with Crippen LogP contribution in [0.5, 0.6) is 0 Å². The number of thioether (sulfide) groups is 1. The molecule has 0 saturated carbocycles. The minimum absolute atomic E-state index is 0.464. The Labute approximate surface area is 82.3 Å². The van der Waals surface area contributed by atoms with E-state index < -0.39 is 0 Å². The first-order valence-corrected chi connectivity index (χ1v) is 5.10. The Balaban J connectivity index is 2.58. The smallest absolute Gasteiger partial charge is 0.0406 e. The fraction of sp³-hybridized carbons (Fsp3) is 0.333. The van der Waals surface area contributed by atoms with Gasteiger partial charge in [-0.25, -0.2) is 0 Å². The van der Waals surface area contributed by atoms with Gasteiger partial charge in [0.2, 0.25) is 0 Å². The van der Waals surface area contributed by atoms with Crippen molar-refractivity contribution in [3.8, 4) is 0 Å². The Kier molecular flexibility index (Phi) is 3.92. The van der Waals surface area contributed by atoms with Crippen molar-refractivity contribution < 1.29 is 0 Å². The molecule has 2 N–H and O–H groups in total. The first-order valence-electron chi connectivity index (χ1n) is 3.84. The summed E-state index contributed by atoms with van der Waals surface area (Å²) in [5, 5.41) is 1.24. The van der Waals surface area contributed by atoms with Gasteiger partial charge in [0.05, 0.1) is 0 Å². The Morgan fingerprint density at radius 1 is 1.42 bits per heavy atom. The Morgan fingerprint density at radius 3 is 2.50 bits per heavy atom. The molecule has 0 aliphatic carbocycles. The van der Waals surface area contributed by atoms with Crippen molar-refractivity contribution in [2.24, 2.45) is 5.73 Å². The van der Waals surface area contributed by atoms with Gasteiger partial charge in [0.15, 0.2) is 0 Å². The van der Waals surface area contributed by atoms with Crippen molar-refractivity contribution in [3.05, 3.63) is 29.3 Å². The molecule has 0 unspecified atom stereocenters. The zero-order chi connectivity index (χ0) is 8.97. The van der Waals surface area contributed by atoms with Gasteiger partial charge in [-0.1, -0.05) is 18.5 Å². The van der Waals surface area contributed by atoms with Crippen LogP contribution in [0.15, 0.2) is 29.2 Å². The summed E-state index contributed by atoms with van der Waals surface area (Å²) < 4.78 is 0. The van der Waals surface area contributed by atoms with E-state index in [0.717, 1.165) is 5.02 Å². The maximum absolute atomic E-state index is 5.75. The molecule has 0 amide bonds. The van der Waals surface area contributed by atoms with Crippen LogP contribution in [0.2, 0.25) is 5.02 Å². The minimum atomic E-state index is 0.464. The van der Waals surface area contributed by atoms with Crippen LogP contribution >= 0.6 is 23.4 Å². The zero-order valence-corrected chi connectivity index (χ0v) is 8.53. The number of rotatable bonds is 3. The van der Waals surface area contributed by atoms with Crippen LogP contribution in [0, 0.1) is 0 Å². The normalized spacial score (nSPS) is 12.9. The molecule has 0 radical (unpaired) electrons. The van der Waals surface area contributed by atoms with E-state index in [1.54, 1.807) is 11.8 Å². The topological polar surface area (TPSA) is 26.0 Å². The van der Waals surface area contributed by atoms with E-state index in [1.165, 1.54) is 4.90 Å². The van der Waals surface area contributed by atoms with E-state index in [9.17, 15) is 0 Å². The number of halogens is 1. The molecule has 1 atom stereocenters.